The van der Waals surface area contributed by atoms with Crippen molar-refractivity contribution < 1.29 is 9.47 Å². The lowest BCUT2D eigenvalue weighted by molar-refractivity contribution is 0.396. The summed E-state index contributed by atoms with van der Waals surface area (Å²) in [5.74, 6) is 1.88. The maximum absolute atomic E-state index is 5.38. The van der Waals surface area contributed by atoms with Gasteiger partial charge < -0.3 is 9.47 Å². The van der Waals surface area contributed by atoms with E-state index in [0.717, 1.165) is 11.5 Å². The van der Waals surface area contributed by atoms with Gasteiger partial charge in [0.1, 0.15) is 11.5 Å². The highest BCUT2D eigenvalue weighted by atomic mass is 16.5. The molecule has 0 amide bonds. The fourth-order valence-electron chi connectivity index (χ4n) is 2.48. The number of nitrogens with one attached hydrogen (secondary N) is 1. The van der Waals surface area contributed by atoms with Gasteiger partial charge >= 0.3 is 0 Å². The summed E-state index contributed by atoms with van der Waals surface area (Å²) in [4.78, 5) is 0. The number of fused-ring (bicyclic) bond motifs is 5. The third-order valence-electron chi connectivity index (χ3n) is 3.12. The van der Waals surface area contributed by atoms with E-state index in [1.54, 1.807) is 14.2 Å². The topological polar surface area (TPSA) is 30.5 Å². The molecule has 78 valence electrons. The molecule has 0 fully saturated rings. The second-order valence-electron chi connectivity index (χ2n) is 3.80. The number of hydrogen-bond donors (Lipinski definition) is 1. The molecule has 2 aliphatic rings. The lowest BCUT2D eigenvalue weighted by Crippen LogP contribution is -2.07. The second-order valence-corrected chi connectivity index (χ2v) is 3.80. The molecule has 0 saturated heterocycles. The summed E-state index contributed by atoms with van der Waals surface area (Å²) in [6.07, 6.45) is 4.35. The number of benzene rings is 1. The van der Waals surface area contributed by atoms with Crippen molar-refractivity contribution in [2.24, 2.45) is 0 Å². The Morgan fingerprint density at radius 2 is 1.40 bits per heavy atom. The number of rotatable bonds is 2. The van der Waals surface area contributed by atoms with Crippen LogP contribution in [0.3, 0.4) is 0 Å². The van der Waals surface area contributed by atoms with E-state index in [-0.39, 0.29) is 12.1 Å². The number of hydrogen-bond acceptors (Lipinski definition) is 3. The van der Waals surface area contributed by atoms with Gasteiger partial charge in [-0.2, -0.15) is 0 Å². The van der Waals surface area contributed by atoms with Crippen LogP contribution in [-0.2, 0) is 0 Å². The molecule has 3 rings (SSSR count). The Balaban J connectivity index is 2.23. The first-order valence-corrected chi connectivity index (χ1v) is 5.04. The molecule has 0 aromatic heterocycles. The normalized spacial score (nSPS) is 25.5. The molecule has 2 heterocycles. The SMILES string of the molecule is COc1ccc(OC)c2c1[C@H]1C=C[C@H]2N1. The molecular formula is C12H13NO2. The van der Waals surface area contributed by atoms with Crippen molar-refractivity contribution >= 4 is 0 Å². The van der Waals surface area contributed by atoms with E-state index in [1.165, 1.54) is 11.1 Å². The third kappa shape index (κ3) is 1.04. The van der Waals surface area contributed by atoms with Gasteiger partial charge in [-0.1, -0.05) is 12.2 Å². The second kappa shape index (κ2) is 3.00. The van der Waals surface area contributed by atoms with Gasteiger partial charge in [0.15, 0.2) is 0 Å². The van der Waals surface area contributed by atoms with Gasteiger partial charge in [-0.3, -0.25) is 5.32 Å². The number of methoxy groups -OCH3 is 2. The lowest BCUT2D eigenvalue weighted by Gasteiger charge is -2.16. The van der Waals surface area contributed by atoms with Crippen molar-refractivity contribution in [3.05, 3.63) is 35.4 Å². The third-order valence-corrected chi connectivity index (χ3v) is 3.12. The Hall–Kier alpha value is -1.48. The van der Waals surface area contributed by atoms with Gasteiger partial charge in [-0.25, -0.2) is 0 Å². The van der Waals surface area contributed by atoms with Crippen molar-refractivity contribution in [1.29, 1.82) is 0 Å². The lowest BCUT2D eigenvalue weighted by atomic mass is 9.95. The highest BCUT2D eigenvalue weighted by Gasteiger charge is 2.36. The van der Waals surface area contributed by atoms with Crippen molar-refractivity contribution in [3.8, 4) is 11.5 Å². The predicted octanol–water partition coefficient (Wildman–Crippen LogP) is 1.96. The molecule has 15 heavy (non-hydrogen) atoms. The van der Waals surface area contributed by atoms with Gasteiger partial charge in [0.25, 0.3) is 0 Å². The van der Waals surface area contributed by atoms with Crippen LogP contribution in [0.4, 0.5) is 0 Å². The van der Waals surface area contributed by atoms with Gasteiger partial charge in [0.05, 0.1) is 26.3 Å². The molecule has 2 aliphatic heterocycles. The van der Waals surface area contributed by atoms with Crippen LogP contribution in [0.2, 0.25) is 0 Å². The molecule has 1 aromatic carbocycles. The van der Waals surface area contributed by atoms with Gasteiger partial charge in [-0.15, -0.1) is 0 Å². The maximum Gasteiger partial charge on any atom is 0.124 e. The van der Waals surface area contributed by atoms with Crippen LogP contribution in [0, 0.1) is 0 Å². The smallest absolute Gasteiger partial charge is 0.124 e. The fraction of sp³-hybridized carbons (Fsp3) is 0.333. The average molecular weight is 203 g/mol. The minimum Gasteiger partial charge on any atom is -0.496 e. The first kappa shape index (κ1) is 8.80. The summed E-state index contributed by atoms with van der Waals surface area (Å²) < 4.78 is 10.8. The fourth-order valence-corrected chi connectivity index (χ4v) is 2.48. The van der Waals surface area contributed by atoms with Gasteiger partial charge in [-0.05, 0) is 12.1 Å². The highest BCUT2D eigenvalue weighted by molar-refractivity contribution is 5.59. The summed E-state index contributed by atoms with van der Waals surface area (Å²) in [6, 6.07) is 4.51. The Bertz CT molecular complexity index is 400. The van der Waals surface area contributed by atoms with E-state index in [2.05, 4.69) is 17.5 Å². The Morgan fingerprint density at radius 3 is 1.80 bits per heavy atom. The van der Waals surface area contributed by atoms with Gasteiger partial charge in [0, 0.05) is 11.1 Å². The Morgan fingerprint density at radius 1 is 0.933 bits per heavy atom. The van der Waals surface area contributed by atoms with Crippen molar-refractivity contribution in [1.82, 2.24) is 5.32 Å². The minimum absolute atomic E-state index is 0.287. The molecule has 0 spiro atoms. The molecule has 1 aromatic rings. The summed E-state index contributed by atoms with van der Waals surface area (Å²) in [5, 5.41) is 3.47. The molecule has 3 nitrogen and oxygen atoms in total. The molecule has 0 unspecified atom stereocenters. The van der Waals surface area contributed by atoms with E-state index in [1.807, 2.05) is 12.1 Å². The maximum atomic E-state index is 5.38. The quantitative estimate of drug-likeness (QED) is 0.745. The molecule has 3 heteroatoms. The largest absolute Gasteiger partial charge is 0.496 e. The van der Waals surface area contributed by atoms with Crippen LogP contribution in [0.15, 0.2) is 24.3 Å². The molecule has 1 N–H and O–H groups in total. The molecule has 2 bridgehead atoms. The summed E-state index contributed by atoms with van der Waals surface area (Å²) in [6.45, 7) is 0. The van der Waals surface area contributed by atoms with Crippen LogP contribution >= 0.6 is 0 Å². The Labute approximate surface area is 88.7 Å². The van der Waals surface area contributed by atoms with Crippen LogP contribution < -0.4 is 14.8 Å². The standard InChI is InChI=1S/C12H13NO2/c1-14-9-5-6-10(15-2)12-8-4-3-7(13-8)11(9)12/h3-8,13H,1-2H3/t7-,8-/m1/s1. The molecule has 0 saturated carbocycles. The van der Waals surface area contributed by atoms with E-state index in [0.29, 0.717) is 0 Å². The number of ether oxygens (including phenoxy) is 2. The van der Waals surface area contributed by atoms with Crippen LogP contribution in [0.5, 0.6) is 11.5 Å². The van der Waals surface area contributed by atoms with Crippen molar-refractivity contribution in [2.45, 2.75) is 12.1 Å². The predicted molar refractivity (Wildman–Crippen MR) is 57.3 cm³/mol. The van der Waals surface area contributed by atoms with Crippen LogP contribution in [0.1, 0.15) is 23.2 Å². The minimum atomic E-state index is 0.287. The average Bonchev–Trinajstić information content (AvgIpc) is 2.88. The van der Waals surface area contributed by atoms with Crippen molar-refractivity contribution in [2.75, 3.05) is 14.2 Å². The first-order valence-electron chi connectivity index (χ1n) is 5.04. The van der Waals surface area contributed by atoms with Crippen LogP contribution in [0.25, 0.3) is 0 Å². The summed E-state index contributed by atoms with van der Waals surface area (Å²) in [7, 11) is 3.41. The summed E-state index contributed by atoms with van der Waals surface area (Å²) in [5.41, 5.74) is 2.45. The van der Waals surface area contributed by atoms with Crippen molar-refractivity contribution in [3.63, 3.8) is 0 Å². The zero-order valence-corrected chi connectivity index (χ0v) is 8.78. The Kier molecular flexibility index (Phi) is 1.76. The monoisotopic (exact) mass is 203 g/mol. The van der Waals surface area contributed by atoms with E-state index >= 15 is 0 Å². The highest BCUT2D eigenvalue weighted by Crippen LogP contribution is 2.48. The van der Waals surface area contributed by atoms with E-state index in [9.17, 15) is 0 Å². The molecule has 0 radical (unpaired) electrons. The zero-order valence-electron chi connectivity index (χ0n) is 8.78. The molecule has 2 atom stereocenters. The van der Waals surface area contributed by atoms with E-state index in [4.69, 9.17) is 9.47 Å². The molecule has 0 aliphatic carbocycles. The molecular weight excluding hydrogens is 190 g/mol. The summed E-state index contributed by atoms with van der Waals surface area (Å²) >= 11 is 0. The zero-order chi connectivity index (χ0) is 10.4. The van der Waals surface area contributed by atoms with E-state index < -0.39 is 0 Å². The first-order chi connectivity index (χ1) is 7.35. The van der Waals surface area contributed by atoms with Gasteiger partial charge in [0.2, 0.25) is 0 Å². The van der Waals surface area contributed by atoms with Crippen LogP contribution in [-0.4, -0.2) is 14.2 Å².